The fourth-order valence-corrected chi connectivity index (χ4v) is 1.91. The monoisotopic (exact) mass is 256 g/mol. The summed E-state index contributed by atoms with van der Waals surface area (Å²) >= 11 is 5.93. The summed E-state index contributed by atoms with van der Waals surface area (Å²) in [6.45, 7) is 4.32. The maximum Gasteiger partial charge on any atom is 0.147 e. The highest BCUT2D eigenvalue weighted by atomic mass is 35.5. The number of hydrogen-bond acceptors (Lipinski definition) is 2. The van der Waals surface area contributed by atoms with Crippen molar-refractivity contribution in [2.45, 2.75) is 19.8 Å². The summed E-state index contributed by atoms with van der Waals surface area (Å²) in [4.78, 5) is 4.23. The quantitative estimate of drug-likeness (QED) is 0.747. The molecule has 2 rings (SSSR count). The van der Waals surface area contributed by atoms with E-state index in [1.165, 1.54) is 5.56 Å². The minimum absolute atomic E-state index is 0.253. The highest BCUT2D eigenvalue weighted by Crippen LogP contribution is 2.23. The van der Waals surface area contributed by atoms with E-state index in [0.717, 1.165) is 11.3 Å². The van der Waals surface area contributed by atoms with E-state index in [9.17, 15) is 0 Å². The van der Waals surface area contributed by atoms with Crippen molar-refractivity contribution >= 4 is 11.6 Å². The Labute approximate surface area is 112 Å². The molecule has 1 heterocycles. The van der Waals surface area contributed by atoms with Gasteiger partial charge in [0, 0.05) is 5.56 Å². The van der Waals surface area contributed by atoms with E-state index >= 15 is 0 Å². The highest BCUT2D eigenvalue weighted by Gasteiger charge is 2.05. The third-order valence-electron chi connectivity index (χ3n) is 2.84. The SMILES string of the molecule is CC(C)c1ccc(-c2ccc(C#N)c(Cl)n2)cc1. The number of aromatic nitrogens is 1. The van der Waals surface area contributed by atoms with Crippen LogP contribution in [0.15, 0.2) is 36.4 Å². The highest BCUT2D eigenvalue weighted by molar-refractivity contribution is 6.30. The summed E-state index contributed by atoms with van der Waals surface area (Å²) < 4.78 is 0. The molecule has 0 unspecified atom stereocenters. The first-order chi connectivity index (χ1) is 8.61. The Morgan fingerprint density at radius 3 is 2.28 bits per heavy atom. The van der Waals surface area contributed by atoms with Crippen LogP contribution in [0.3, 0.4) is 0 Å². The predicted molar refractivity (Wildman–Crippen MR) is 73.5 cm³/mol. The molecular formula is C15H13ClN2. The lowest BCUT2D eigenvalue weighted by molar-refractivity contribution is 0.867. The van der Waals surface area contributed by atoms with Crippen molar-refractivity contribution < 1.29 is 0 Å². The Morgan fingerprint density at radius 2 is 1.78 bits per heavy atom. The van der Waals surface area contributed by atoms with Crippen LogP contribution in [0.2, 0.25) is 5.15 Å². The van der Waals surface area contributed by atoms with Crippen molar-refractivity contribution in [3.05, 3.63) is 52.7 Å². The van der Waals surface area contributed by atoms with E-state index in [-0.39, 0.29) is 5.15 Å². The molecule has 0 saturated heterocycles. The van der Waals surface area contributed by atoms with Gasteiger partial charge >= 0.3 is 0 Å². The number of halogens is 1. The average Bonchev–Trinajstić information content (AvgIpc) is 2.38. The topological polar surface area (TPSA) is 36.7 Å². The molecule has 0 aliphatic heterocycles. The number of benzene rings is 1. The first kappa shape index (κ1) is 12.6. The Balaban J connectivity index is 2.37. The second-order valence-electron chi connectivity index (χ2n) is 4.42. The lowest BCUT2D eigenvalue weighted by Gasteiger charge is -2.07. The zero-order valence-corrected chi connectivity index (χ0v) is 11.1. The molecule has 0 atom stereocenters. The normalized spacial score (nSPS) is 10.4. The van der Waals surface area contributed by atoms with Crippen LogP contribution in [0.5, 0.6) is 0 Å². The maximum atomic E-state index is 8.80. The molecule has 1 aromatic heterocycles. The van der Waals surface area contributed by atoms with Crippen molar-refractivity contribution in [2.75, 3.05) is 0 Å². The van der Waals surface area contributed by atoms with Crippen LogP contribution in [0.1, 0.15) is 30.9 Å². The molecule has 2 aromatic rings. The van der Waals surface area contributed by atoms with Gasteiger partial charge in [0.25, 0.3) is 0 Å². The summed E-state index contributed by atoms with van der Waals surface area (Å²) in [7, 11) is 0. The molecular weight excluding hydrogens is 244 g/mol. The van der Waals surface area contributed by atoms with Gasteiger partial charge in [-0.3, -0.25) is 0 Å². The van der Waals surface area contributed by atoms with Gasteiger partial charge in [-0.2, -0.15) is 5.26 Å². The number of nitrogens with zero attached hydrogens (tertiary/aromatic N) is 2. The second-order valence-corrected chi connectivity index (χ2v) is 4.78. The molecule has 18 heavy (non-hydrogen) atoms. The molecule has 2 nitrogen and oxygen atoms in total. The van der Waals surface area contributed by atoms with Crippen molar-refractivity contribution in [3.63, 3.8) is 0 Å². The molecule has 90 valence electrons. The van der Waals surface area contributed by atoms with Gasteiger partial charge in [0.1, 0.15) is 11.2 Å². The summed E-state index contributed by atoms with van der Waals surface area (Å²) in [6, 6.07) is 13.8. The van der Waals surface area contributed by atoms with E-state index < -0.39 is 0 Å². The molecule has 0 radical (unpaired) electrons. The van der Waals surface area contributed by atoms with Crippen LogP contribution >= 0.6 is 11.6 Å². The van der Waals surface area contributed by atoms with Crippen molar-refractivity contribution in [2.24, 2.45) is 0 Å². The van der Waals surface area contributed by atoms with Crippen molar-refractivity contribution in [1.29, 1.82) is 5.26 Å². The van der Waals surface area contributed by atoms with E-state index in [1.807, 2.05) is 24.3 Å². The predicted octanol–water partition coefficient (Wildman–Crippen LogP) is 4.40. The minimum atomic E-state index is 0.253. The van der Waals surface area contributed by atoms with Crippen LogP contribution in [0.4, 0.5) is 0 Å². The second kappa shape index (κ2) is 5.20. The van der Waals surface area contributed by atoms with E-state index in [1.54, 1.807) is 6.07 Å². The Bertz CT molecular complexity index is 595. The molecule has 1 aromatic carbocycles. The number of pyridine rings is 1. The van der Waals surface area contributed by atoms with Gasteiger partial charge in [0.15, 0.2) is 0 Å². The van der Waals surface area contributed by atoms with Gasteiger partial charge in [-0.25, -0.2) is 4.98 Å². The van der Waals surface area contributed by atoms with E-state index in [0.29, 0.717) is 11.5 Å². The van der Waals surface area contributed by atoms with Crippen molar-refractivity contribution in [1.82, 2.24) is 4.98 Å². The zero-order valence-electron chi connectivity index (χ0n) is 10.3. The van der Waals surface area contributed by atoms with Crippen LogP contribution in [-0.4, -0.2) is 4.98 Å². The molecule has 0 aliphatic carbocycles. The summed E-state index contributed by atoms with van der Waals surface area (Å²) in [5.74, 6) is 0.511. The molecule has 0 fully saturated rings. The molecule has 0 amide bonds. The van der Waals surface area contributed by atoms with Gasteiger partial charge in [-0.05, 0) is 23.6 Å². The first-order valence-corrected chi connectivity index (χ1v) is 6.16. The molecule has 0 aliphatic rings. The smallest absolute Gasteiger partial charge is 0.147 e. The lowest BCUT2D eigenvalue weighted by Crippen LogP contribution is -1.90. The first-order valence-electron chi connectivity index (χ1n) is 5.79. The van der Waals surface area contributed by atoms with E-state index in [4.69, 9.17) is 16.9 Å². The third kappa shape index (κ3) is 2.52. The summed E-state index contributed by atoms with van der Waals surface area (Å²) in [6.07, 6.45) is 0. The third-order valence-corrected chi connectivity index (χ3v) is 3.13. The van der Waals surface area contributed by atoms with Gasteiger partial charge in [0.2, 0.25) is 0 Å². The molecule has 0 saturated carbocycles. The summed E-state index contributed by atoms with van der Waals surface area (Å²) in [5.41, 5.74) is 3.48. The molecule has 0 bridgehead atoms. The van der Waals surface area contributed by atoms with Gasteiger partial charge < -0.3 is 0 Å². The Morgan fingerprint density at radius 1 is 1.11 bits per heavy atom. The summed E-state index contributed by atoms with van der Waals surface area (Å²) in [5, 5.41) is 9.06. The molecule has 0 spiro atoms. The van der Waals surface area contributed by atoms with Crippen LogP contribution in [-0.2, 0) is 0 Å². The largest absolute Gasteiger partial charge is 0.235 e. The van der Waals surface area contributed by atoms with Crippen LogP contribution in [0.25, 0.3) is 11.3 Å². The lowest BCUT2D eigenvalue weighted by atomic mass is 10.0. The zero-order chi connectivity index (χ0) is 13.1. The number of hydrogen-bond donors (Lipinski definition) is 0. The van der Waals surface area contributed by atoms with Gasteiger partial charge in [-0.1, -0.05) is 49.7 Å². The minimum Gasteiger partial charge on any atom is -0.235 e. The Hall–Kier alpha value is -1.85. The maximum absolute atomic E-state index is 8.80. The fraction of sp³-hybridized carbons (Fsp3) is 0.200. The van der Waals surface area contributed by atoms with Crippen LogP contribution in [0, 0.1) is 11.3 Å². The number of rotatable bonds is 2. The van der Waals surface area contributed by atoms with Crippen LogP contribution < -0.4 is 0 Å². The van der Waals surface area contributed by atoms with E-state index in [2.05, 4.69) is 31.0 Å². The van der Waals surface area contributed by atoms with Crippen molar-refractivity contribution in [3.8, 4) is 17.3 Å². The number of nitriles is 1. The standard InChI is InChI=1S/C15H13ClN2/c1-10(2)11-3-5-12(6-4-11)14-8-7-13(9-17)15(16)18-14/h3-8,10H,1-2H3. The van der Waals surface area contributed by atoms with Gasteiger partial charge in [-0.15, -0.1) is 0 Å². The average molecular weight is 257 g/mol. The Kier molecular flexibility index (Phi) is 3.64. The van der Waals surface area contributed by atoms with Gasteiger partial charge in [0.05, 0.1) is 11.3 Å². The fourth-order valence-electron chi connectivity index (χ4n) is 1.72. The molecule has 0 N–H and O–H groups in total. The molecule has 3 heteroatoms.